The Hall–Kier alpha value is -4.13. The third kappa shape index (κ3) is 5.20. The number of benzene rings is 3. The first-order valence-electron chi connectivity index (χ1n) is 10.6. The number of hydrogen-bond acceptors (Lipinski definition) is 5. The van der Waals surface area contributed by atoms with Gasteiger partial charge in [0.25, 0.3) is 0 Å². The molecule has 0 unspecified atom stereocenters. The van der Waals surface area contributed by atoms with Crippen LogP contribution in [0.3, 0.4) is 0 Å². The Bertz CT molecular complexity index is 1120. The number of rotatable bonds is 8. The molecule has 0 saturated carbocycles. The molecular weight excluding hydrogens is 420 g/mol. The van der Waals surface area contributed by atoms with E-state index in [9.17, 15) is 14.4 Å². The van der Waals surface area contributed by atoms with E-state index < -0.39 is 30.4 Å². The molecule has 2 amide bonds. The molecule has 0 radical (unpaired) electrons. The summed E-state index contributed by atoms with van der Waals surface area (Å²) in [5.41, 5.74) is 10.4. The van der Waals surface area contributed by atoms with Crippen molar-refractivity contribution in [3.05, 3.63) is 95.6 Å². The molecule has 0 saturated heterocycles. The summed E-state index contributed by atoms with van der Waals surface area (Å²) in [6.45, 7) is 0.101. The Morgan fingerprint density at radius 1 is 0.818 bits per heavy atom. The number of esters is 1. The summed E-state index contributed by atoms with van der Waals surface area (Å²) in [6.07, 6.45) is -1.21. The second kappa shape index (κ2) is 9.99. The fourth-order valence-electron chi connectivity index (χ4n) is 4.01. The number of nitrogens with one attached hydrogen (secondary N) is 1. The largest absolute Gasteiger partial charge is 0.459 e. The minimum absolute atomic E-state index is 0.0152. The first kappa shape index (κ1) is 22.1. The standard InChI is InChI=1S/C26H24N2O5/c27-24(29)14-23(25(30)32-15-17-8-2-1-3-9-17)28-26(31)33-16-22-20-12-6-4-10-18(20)19-11-5-7-13-21(19)22/h1-13,22-23H,14-16H2,(H2,27,29)(H,28,31)/t23-/m1/s1. The third-order valence-electron chi connectivity index (χ3n) is 5.55. The fourth-order valence-corrected chi connectivity index (χ4v) is 4.01. The van der Waals surface area contributed by atoms with Crippen LogP contribution in [0.1, 0.15) is 29.0 Å². The van der Waals surface area contributed by atoms with Crippen LogP contribution in [0.15, 0.2) is 78.9 Å². The topological polar surface area (TPSA) is 108 Å². The van der Waals surface area contributed by atoms with E-state index in [1.54, 1.807) is 12.1 Å². The normalized spacial score (nSPS) is 12.8. The van der Waals surface area contributed by atoms with Crippen LogP contribution >= 0.6 is 0 Å². The van der Waals surface area contributed by atoms with Crippen LogP contribution in [0.5, 0.6) is 0 Å². The molecule has 33 heavy (non-hydrogen) atoms. The summed E-state index contributed by atoms with van der Waals surface area (Å²) in [7, 11) is 0. The summed E-state index contributed by atoms with van der Waals surface area (Å²) >= 11 is 0. The van der Waals surface area contributed by atoms with Gasteiger partial charge >= 0.3 is 12.1 Å². The molecule has 3 N–H and O–H groups in total. The number of primary amides is 1. The number of ether oxygens (including phenoxy) is 2. The van der Waals surface area contributed by atoms with Crippen molar-refractivity contribution in [1.82, 2.24) is 5.32 Å². The second-order valence-corrected chi connectivity index (χ2v) is 7.79. The molecule has 0 aliphatic heterocycles. The van der Waals surface area contributed by atoms with Crippen molar-refractivity contribution in [2.75, 3.05) is 6.61 Å². The Labute approximate surface area is 191 Å². The van der Waals surface area contributed by atoms with Crippen LogP contribution in [0.4, 0.5) is 4.79 Å². The van der Waals surface area contributed by atoms with Gasteiger partial charge in [-0.25, -0.2) is 9.59 Å². The number of fused-ring (bicyclic) bond motifs is 3. The molecule has 0 bridgehead atoms. The summed E-state index contributed by atoms with van der Waals surface area (Å²) < 4.78 is 10.7. The van der Waals surface area contributed by atoms with Crippen LogP contribution in [0.2, 0.25) is 0 Å². The first-order valence-corrected chi connectivity index (χ1v) is 10.6. The van der Waals surface area contributed by atoms with Gasteiger partial charge in [0, 0.05) is 5.92 Å². The molecule has 0 aromatic heterocycles. The van der Waals surface area contributed by atoms with Gasteiger partial charge in [0.05, 0.1) is 6.42 Å². The number of hydrogen-bond donors (Lipinski definition) is 2. The van der Waals surface area contributed by atoms with Gasteiger partial charge in [0.2, 0.25) is 5.91 Å². The van der Waals surface area contributed by atoms with Gasteiger partial charge in [-0.2, -0.15) is 0 Å². The summed E-state index contributed by atoms with van der Waals surface area (Å²) in [4.78, 5) is 36.4. The molecule has 0 spiro atoms. The highest BCUT2D eigenvalue weighted by molar-refractivity contribution is 5.87. The average molecular weight is 444 g/mol. The van der Waals surface area contributed by atoms with Gasteiger partial charge in [-0.3, -0.25) is 4.79 Å². The molecule has 1 atom stereocenters. The van der Waals surface area contributed by atoms with E-state index in [1.807, 2.05) is 66.7 Å². The van der Waals surface area contributed by atoms with Crippen molar-refractivity contribution in [3.8, 4) is 11.1 Å². The van der Waals surface area contributed by atoms with Crippen molar-refractivity contribution in [1.29, 1.82) is 0 Å². The number of nitrogens with two attached hydrogens (primary N) is 1. The lowest BCUT2D eigenvalue weighted by Gasteiger charge is -2.18. The van der Waals surface area contributed by atoms with Gasteiger partial charge in [0.15, 0.2) is 0 Å². The Morgan fingerprint density at radius 2 is 1.39 bits per heavy atom. The van der Waals surface area contributed by atoms with E-state index >= 15 is 0 Å². The number of carbonyl (C=O) groups excluding carboxylic acids is 3. The molecule has 4 rings (SSSR count). The molecule has 1 aliphatic rings. The zero-order chi connectivity index (χ0) is 23.2. The smallest absolute Gasteiger partial charge is 0.407 e. The third-order valence-corrected chi connectivity index (χ3v) is 5.55. The van der Waals surface area contributed by atoms with Crippen LogP contribution in [0.25, 0.3) is 11.1 Å². The van der Waals surface area contributed by atoms with E-state index in [2.05, 4.69) is 5.32 Å². The van der Waals surface area contributed by atoms with Crippen LogP contribution in [-0.2, 0) is 25.7 Å². The van der Waals surface area contributed by atoms with Gasteiger partial charge < -0.3 is 20.5 Å². The Balaban J connectivity index is 1.39. The monoisotopic (exact) mass is 444 g/mol. The van der Waals surface area contributed by atoms with Crippen molar-refractivity contribution >= 4 is 18.0 Å². The molecule has 3 aromatic carbocycles. The second-order valence-electron chi connectivity index (χ2n) is 7.79. The molecule has 168 valence electrons. The van der Waals surface area contributed by atoms with Crippen molar-refractivity contribution < 1.29 is 23.9 Å². The molecule has 7 heteroatoms. The highest BCUT2D eigenvalue weighted by Gasteiger charge is 2.30. The van der Waals surface area contributed by atoms with Gasteiger partial charge in [0.1, 0.15) is 19.3 Å². The van der Waals surface area contributed by atoms with E-state index in [0.717, 1.165) is 27.8 Å². The number of alkyl carbamates (subject to hydrolysis) is 1. The quantitative estimate of drug-likeness (QED) is 0.517. The zero-order valence-electron chi connectivity index (χ0n) is 17.9. The predicted molar refractivity (Wildman–Crippen MR) is 122 cm³/mol. The van der Waals surface area contributed by atoms with Crippen LogP contribution in [-0.4, -0.2) is 30.6 Å². The maximum atomic E-state index is 12.5. The number of carbonyl (C=O) groups is 3. The summed E-state index contributed by atoms with van der Waals surface area (Å²) in [5.74, 6) is -1.62. The van der Waals surface area contributed by atoms with Crippen LogP contribution in [0, 0.1) is 0 Å². The molecule has 3 aromatic rings. The highest BCUT2D eigenvalue weighted by atomic mass is 16.6. The lowest BCUT2D eigenvalue weighted by Crippen LogP contribution is -2.44. The van der Waals surface area contributed by atoms with Crippen molar-refractivity contribution in [2.24, 2.45) is 5.73 Å². The summed E-state index contributed by atoms with van der Waals surface area (Å²) in [6, 6.07) is 23.8. The van der Waals surface area contributed by atoms with E-state index in [-0.39, 0.29) is 19.1 Å². The highest BCUT2D eigenvalue weighted by Crippen LogP contribution is 2.44. The van der Waals surface area contributed by atoms with Crippen molar-refractivity contribution in [3.63, 3.8) is 0 Å². The van der Waals surface area contributed by atoms with Gasteiger partial charge in [-0.15, -0.1) is 0 Å². The Kier molecular flexibility index (Phi) is 6.69. The molecule has 1 aliphatic carbocycles. The SMILES string of the molecule is NC(=O)C[C@@H](NC(=O)OCC1c2ccccc2-c2ccccc21)C(=O)OCc1ccccc1. The van der Waals surface area contributed by atoms with Gasteiger partial charge in [-0.05, 0) is 27.8 Å². The van der Waals surface area contributed by atoms with Crippen LogP contribution < -0.4 is 11.1 Å². The number of amides is 2. The van der Waals surface area contributed by atoms with Gasteiger partial charge in [-0.1, -0.05) is 78.9 Å². The maximum Gasteiger partial charge on any atom is 0.407 e. The molecule has 0 heterocycles. The average Bonchev–Trinajstić information content (AvgIpc) is 3.15. The zero-order valence-corrected chi connectivity index (χ0v) is 17.9. The van der Waals surface area contributed by atoms with E-state index in [1.165, 1.54) is 0 Å². The molecule has 7 nitrogen and oxygen atoms in total. The first-order chi connectivity index (χ1) is 16.0. The minimum atomic E-state index is -1.23. The minimum Gasteiger partial charge on any atom is -0.459 e. The fraction of sp³-hybridized carbons (Fsp3) is 0.192. The van der Waals surface area contributed by atoms with Crippen molar-refractivity contribution in [2.45, 2.75) is 25.0 Å². The van der Waals surface area contributed by atoms with E-state index in [0.29, 0.717) is 0 Å². The predicted octanol–water partition coefficient (Wildman–Crippen LogP) is 3.51. The lowest BCUT2D eigenvalue weighted by atomic mass is 9.98. The molecular formula is C26H24N2O5. The van der Waals surface area contributed by atoms with E-state index in [4.69, 9.17) is 15.2 Å². The Morgan fingerprint density at radius 3 is 2.00 bits per heavy atom. The maximum absolute atomic E-state index is 12.5. The molecule has 0 fully saturated rings. The lowest BCUT2D eigenvalue weighted by molar-refractivity contribution is -0.148. The summed E-state index contributed by atoms with van der Waals surface area (Å²) in [5, 5.41) is 2.42.